The Hall–Kier alpha value is -1.66. The molecule has 6 heteroatoms. The van der Waals surface area contributed by atoms with Crippen LogP contribution in [0.15, 0.2) is 28.7 Å². The normalized spacial score (nSPS) is 18.1. The van der Waals surface area contributed by atoms with E-state index in [4.69, 9.17) is 5.73 Å². The van der Waals surface area contributed by atoms with E-state index in [9.17, 15) is 9.59 Å². The topological polar surface area (TPSA) is 72.2 Å². The molecule has 0 bridgehead atoms. The number of hydrogen-bond donors (Lipinski definition) is 2. The minimum atomic E-state index is -0.528. The van der Waals surface area contributed by atoms with E-state index in [2.05, 4.69) is 21.2 Å². The van der Waals surface area contributed by atoms with E-state index < -0.39 is 11.3 Å². The molecule has 4 nitrogen and oxygen atoms in total. The summed E-state index contributed by atoms with van der Waals surface area (Å²) in [6.07, 6.45) is 7.77. The van der Waals surface area contributed by atoms with Gasteiger partial charge in [0.1, 0.15) is 5.00 Å². The predicted octanol–water partition coefficient (Wildman–Crippen LogP) is 4.94. The van der Waals surface area contributed by atoms with Crippen molar-refractivity contribution in [1.29, 1.82) is 0 Å². The number of nitrogens with one attached hydrogen (secondary N) is 1. The number of nitrogens with two attached hydrogens (primary N) is 1. The molecule has 1 aromatic carbocycles. The maximum atomic E-state index is 13.4. The lowest BCUT2D eigenvalue weighted by molar-refractivity contribution is -0.121. The fourth-order valence-corrected chi connectivity index (χ4v) is 6.09. The fraction of sp³-hybridized carbons (Fsp3) is 0.429. The van der Waals surface area contributed by atoms with Gasteiger partial charge in [0.05, 0.1) is 11.0 Å². The Kier molecular flexibility index (Phi) is 5.12. The lowest BCUT2D eigenvalue weighted by atomic mass is 9.78. The number of carbonyl (C=O) groups is 2. The van der Waals surface area contributed by atoms with Gasteiger partial charge >= 0.3 is 0 Å². The van der Waals surface area contributed by atoms with Crippen molar-refractivity contribution in [3.63, 3.8) is 0 Å². The van der Waals surface area contributed by atoms with Crippen LogP contribution in [0.1, 0.15) is 64.9 Å². The number of hydrogen-bond acceptors (Lipinski definition) is 3. The van der Waals surface area contributed by atoms with Crippen molar-refractivity contribution in [3.8, 4) is 0 Å². The van der Waals surface area contributed by atoms with Crippen molar-refractivity contribution >= 4 is 44.1 Å². The lowest BCUT2D eigenvalue weighted by Crippen LogP contribution is -2.38. The summed E-state index contributed by atoms with van der Waals surface area (Å²) in [4.78, 5) is 26.8. The summed E-state index contributed by atoms with van der Waals surface area (Å²) in [5, 5.41) is 3.75. The first-order chi connectivity index (χ1) is 13.0. The summed E-state index contributed by atoms with van der Waals surface area (Å²) in [5.41, 5.74) is 7.79. The number of carbonyl (C=O) groups excluding carboxylic acids is 2. The summed E-state index contributed by atoms with van der Waals surface area (Å²) < 4.78 is 1.00. The number of aryl methyl sites for hydroxylation is 1. The van der Waals surface area contributed by atoms with Crippen LogP contribution in [0.2, 0.25) is 0 Å². The van der Waals surface area contributed by atoms with Crippen molar-refractivity contribution in [2.24, 2.45) is 5.73 Å². The van der Waals surface area contributed by atoms with Gasteiger partial charge in [-0.1, -0.05) is 40.9 Å². The highest BCUT2D eigenvalue weighted by atomic mass is 79.9. The van der Waals surface area contributed by atoms with E-state index in [-0.39, 0.29) is 5.91 Å². The number of rotatable bonds is 4. The van der Waals surface area contributed by atoms with Gasteiger partial charge < -0.3 is 11.1 Å². The van der Waals surface area contributed by atoms with Crippen LogP contribution in [0.4, 0.5) is 5.00 Å². The minimum Gasteiger partial charge on any atom is -0.365 e. The summed E-state index contributed by atoms with van der Waals surface area (Å²) in [6, 6.07) is 8.04. The number of fused-ring (bicyclic) bond motifs is 1. The maximum absolute atomic E-state index is 13.4. The van der Waals surface area contributed by atoms with Crippen LogP contribution in [0, 0.1) is 0 Å². The first kappa shape index (κ1) is 18.7. The predicted molar refractivity (Wildman–Crippen MR) is 112 cm³/mol. The molecular weight excluding hydrogens is 424 g/mol. The molecule has 0 radical (unpaired) electrons. The van der Waals surface area contributed by atoms with Gasteiger partial charge in [0.25, 0.3) is 5.91 Å². The monoisotopic (exact) mass is 446 g/mol. The van der Waals surface area contributed by atoms with E-state index in [1.165, 1.54) is 16.2 Å². The highest BCUT2D eigenvalue weighted by Gasteiger charge is 2.43. The van der Waals surface area contributed by atoms with Gasteiger partial charge in [-0.05, 0) is 61.8 Å². The third-order valence-electron chi connectivity index (χ3n) is 5.93. The van der Waals surface area contributed by atoms with Crippen LogP contribution in [0.25, 0.3) is 0 Å². The van der Waals surface area contributed by atoms with Crippen LogP contribution >= 0.6 is 27.3 Å². The zero-order valence-electron chi connectivity index (χ0n) is 15.1. The molecule has 3 N–H and O–H groups in total. The second-order valence-electron chi connectivity index (χ2n) is 7.53. The molecule has 142 valence electrons. The molecule has 0 spiro atoms. The molecule has 1 aromatic heterocycles. The van der Waals surface area contributed by atoms with Gasteiger partial charge in [-0.3, -0.25) is 9.59 Å². The molecule has 0 aliphatic heterocycles. The minimum absolute atomic E-state index is 0.0107. The molecule has 27 heavy (non-hydrogen) atoms. The highest BCUT2D eigenvalue weighted by molar-refractivity contribution is 9.10. The molecule has 1 fully saturated rings. The number of anilines is 1. The molecule has 1 heterocycles. The molecule has 4 rings (SSSR count). The van der Waals surface area contributed by atoms with Gasteiger partial charge in [-0.25, -0.2) is 0 Å². The van der Waals surface area contributed by atoms with Crippen molar-refractivity contribution in [2.75, 3.05) is 5.32 Å². The van der Waals surface area contributed by atoms with Gasteiger partial charge in [0.2, 0.25) is 5.91 Å². The van der Waals surface area contributed by atoms with Crippen LogP contribution in [0.3, 0.4) is 0 Å². The first-order valence-corrected chi connectivity index (χ1v) is 11.1. The smallest absolute Gasteiger partial charge is 0.251 e. The number of primary amides is 1. The van der Waals surface area contributed by atoms with Crippen LogP contribution < -0.4 is 11.1 Å². The molecule has 2 aromatic rings. The quantitative estimate of drug-likeness (QED) is 0.697. The fourth-order valence-electron chi connectivity index (χ4n) is 4.53. The zero-order valence-corrected chi connectivity index (χ0v) is 17.5. The summed E-state index contributed by atoms with van der Waals surface area (Å²) >= 11 is 5.00. The molecule has 0 atom stereocenters. The lowest BCUT2D eigenvalue weighted by Gasteiger charge is -2.28. The Bertz CT molecular complexity index is 882. The number of thiophene rings is 1. The van der Waals surface area contributed by atoms with Gasteiger partial charge in [0.15, 0.2) is 0 Å². The average Bonchev–Trinajstić information content (AvgIpc) is 3.27. The summed E-state index contributed by atoms with van der Waals surface area (Å²) in [6.45, 7) is 0. The van der Waals surface area contributed by atoms with Crippen LogP contribution in [-0.4, -0.2) is 11.8 Å². The van der Waals surface area contributed by atoms with E-state index in [0.29, 0.717) is 10.6 Å². The third-order valence-corrected chi connectivity index (χ3v) is 7.67. The Morgan fingerprint density at radius 3 is 2.37 bits per heavy atom. The van der Waals surface area contributed by atoms with E-state index >= 15 is 0 Å². The molecule has 1 saturated carbocycles. The third kappa shape index (κ3) is 3.34. The van der Waals surface area contributed by atoms with Crippen LogP contribution in [0.5, 0.6) is 0 Å². The standard InChI is InChI=1S/C21H23BrN2O2S/c22-14-9-7-13(8-10-14)21(11-3-4-12-21)20(26)24-19-17(18(23)25)15-5-1-2-6-16(15)27-19/h7-10H,1-6,11-12H2,(H2,23,25)(H,24,26). The van der Waals surface area contributed by atoms with Gasteiger partial charge in [-0.2, -0.15) is 0 Å². The Labute approximate surface area is 171 Å². The SMILES string of the molecule is NC(=O)c1c(NC(=O)C2(c3ccc(Br)cc3)CCCC2)sc2c1CCCC2. The molecule has 2 aliphatic rings. The maximum Gasteiger partial charge on any atom is 0.251 e. The van der Waals surface area contributed by atoms with E-state index in [1.54, 1.807) is 0 Å². The van der Waals surface area contributed by atoms with E-state index in [0.717, 1.165) is 67.0 Å². The second kappa shape index (κ2) is 7.40. The number of amides is 2. The summed E-state index contributed by atoms with van der Waals surface area (Å²) in [7, 11) is 0. The Morgan fingerprint density at radius 1 is 1.04 bits per heavy atom. The van der Waals surface area contributed by atoms with Crippen molar-refractivity contribution in [1.82, 2.24) is 0 Å². The van der Waals surface area contributed by atoms with Crippen molar-refractivity contribution in [2.45, 2.75) is 56.8 Å². The molecule has 2 amide bonds. The average molecular weight is 447 g/mol. The highest BCUT2D eigenvalue weighted by Crippen LogP contribution is 2.44. The Balaban J connectivity index is 1.69. The van der Waals surface area contributed by atoms with Crippen molar-refractivity contribution in [3.05, 3.63) is 50.3 Å². The van der Waals surface area contributed by atoms with Gasteiger partial charge in [0, 0.05) is 9.35 Å². The van der Waals surface area contributed by atoms with Crippen LogP contribution in [-0.2, 0) is 23.1 Å². The molecule has 0 saturated heterocycles. The van der Waals surface area contributed by atoms with Gasteiger partial charge in [-0.15, -0.1) is 11.3 Å². The van der Waals surface area contributed by atoms with Crippen molar-refractivity contribution < 1.29 is 9.59 Å². The molecule has 0 unspecified atom stereocenters. The summed E-state index contributed by atoms with van der Waals surface area (Å²) in [5.74, 6) is -0.447. The Morgan fingerprint density at radius 2 is 1.70 bits per heavy atom. The largest absolute Gasteiger partial charge is 0.365 e. The first-order valence-electron chi connectivity index (χ1n) is 9.53. The zero-order chi connectivity index (χ0) is 19.0. The van der Waals surface area contributed by atoms with E-state index in [1.807, 2.05) is 24.3 Å². The number of benzene rings is 1. The molecular formula is C21H23BrN2O2S. The molecule has 2 aliphatic carbocycles. The second-order valence-corrected chi connectivity index (χ2v) is 9.55. The number of halogens is 1.